The number of hydrogen-bond donors (Lipinski definition) is 2. The Kier molecular flexibility index (Phi) is 2.60. The molecule has 0 amide bonds. The number of nitrogens with one attached hydrogen (secondary N) is 1. The number of halogens is 1. The molecular weight excluding hydrogens is 249 g/mol. The number of nitrogen functional groups attached to an aromatic ring is 1. The smallest absolute Gasteiger partial charge is 0.154 e. The molecule has 0 bridgehead atoms. The highest BCUT2D eigenvalue weighted by Crippen LogP contribution is 2.37. The van der Waals surface area contributed by atoms with Gasteiger partial charge in [0.05, 0.1) is 11.3 Å². The standard InChI is InChI=1S/C13H10FN3S/c14-9-4-1-3-8(7-9)12-11(13(15)17-16-12)10-5-2-6-18-10/h1-7H,(H3,15,16,17). The maximum atomic E-state index is 13.3. The lowest BCUT2D eigenvalue weighted by molar-refractivity contribution is 0.628. The van der Waals surface area contributed by atoms with E-state index in [0.717, 1.165) is 21.7 Å². The van der Waals surface area contributed by atoms with E-state index in [-0.39, 0.29) is 5.82 Å². The third-order valence-electron chi connectivity index (χ3n) is 2.68. The molecule has 3 aromatic rings. The normalized spacial score (nSPS) is 10.7. The van der Waals surface area contributed by atoms with Crippen molar-refractivity contribution >= 4 is 17.2 Å². The molecule has 0 saturated heterocycles. The lowest BCUT2D eigenvalue weighted by Gasteiger charge is -2.02. The largest absolute Gasteiger partial charge is 0.382 e. The van der Waals surface area contributed by atoms with E-state index >= 15 is 0 Å². The fourth-order valence-corrected chi connectivity index (χ4v) is 2.66. The molecule has 0 spiro atoms. The van der Waals surface area contributed by atoms with Crippen LogP contribution in [0, 0.1) is 5.82 Å². The SMILES string of the molecule is Nc1n[nH]c(-c2cccc(F)c2)c1-c1cccs1. The van der Waals surface area contributed by atoms with Crippen molar-refractivity contribution in [3.05, 3.63) is 47.6 Å². The molecule has 2 aromatic heterocycles. The summed E-state index contributed by atoms with van der Waals surface area (Å²) < 4.78 is 13.3. The Balaban J connectivity index is 2.20. The van der Waals surface area contributed by atoms with E-state index in [2.05, 4.69) is 10.2 Å². The van der Waals surface area contributed by atoms with E-state index in [1.807, 2.05) is 23.6 Å². The Hall–Kier alpha value is -2.14. The second-order valence-electron chi connectivity index (χ2n) is 3.85. The zero-order valence-corrected chi connectivity index (χ0v) is 10.2. The number of aromatic amines is 1. The van der Waals surface area contributed by atoms with Crippen LogP contribution >= 0.6 is 11.3 Å². The van der Waals surface area contributed by atoms with Crippen molar-refractivity contribution in [1.82, 2.24) is 10.2 Å². The van der Waals surface area contributed by atoms with Crippen LogP contribution in [-0.4, -0.2) is 10.2 Å². The van der Waals surface area contributed by atoms with Crippen molar-refractivity contribution in [3.63, 3.8) is 0 Å². The maximum Gasteiger partial charge on any atom is 0.154 e. The Bertz CT molecular complexity index is 673. The van der Waals surface area contributed by atoms with Crippen molar-refractivity contribution in [2.24, 2.45) is 0 Å². The number of aromatic nitrogens is 2. The van der Waals surface area contributed by atoms with E-state index in [9.17, 15) is 4.39 Å². The van der Waals surface area contributed by atoms with Gasteiger partial charge in [-0.15, -0.1) is 11.3 Å². The van der Waals surface area contributed by atoms with Crippen LogP contribution in [0.2, 0.25) is 0 Å². The minimum atomic E-state index is -0.280. The predicted octanol–water partition coefficient (Wildman–Crippen LogP) is 3.53. The molecule has 0 aliphatic rings. The number of thiophene rings is 1. The molecule has 0 atom stereocenters. The number of anilines is 1. The molecule has 3 N–H and O–H groups in total. The van der Waals surface area contributed by atoms with Crippen molar-refractivity contribution in [1.29, 1.82) is 0 Å². The highest BCUT2D eigenvalue weighted by atomic mass is 32.1. The summed E-state index contributed by atoms with van der Waals surface area (Å²) in [5.74, 6) is 0.148. The first-order valence-corrected chi connectivity index (χ1v) is 6.27. The van der Waals surface area contributed by atoms with E-state index in [0.29, 0.717) is 5.82 Å². The van der Waals surface area contributed by atoms with Gasteiger partial charge in [-0.25, -0.2) is 4.39 Å². The zero-order chi connectivity index (χ0) is 12.5. The molecule has 0 aliphatic heterocycles. The summed E-state index contributed by atoms with van der Waals surface area (Å²) in [6.07, 6.45) is 0. The maximum absolute atomic E-state index is 13.3. The summed E-state index contributed by atoms with van der Waals surface area (Å²) in [6.45, 7) is 0. The van der Waals surface area contributed by atoms with Crippen LogP contribution in [0.25, 0.3) is 21.7 Å². The summed E-state index contributed by atoms with van der Waals surface area (Å²) in [5.41, 5.74) is 8.19. The average Bonchev–Trinajstić information content (AvgIpc) is 2.97. The van der Waals surface area contributed by atoms with Gasteiger partial charge in [0.2, 0.25) is 0 Å². The summed E-state index contributed by atoms with van der Waals surface area (Å²) in [6, 6.07) is 10.3. The van der Waals surface area contributed by atoms with Gasteiger partial charge in [-0.1, -0.05) is 18.2 Å². The van der Waals surface area contributed by atoms with Crippen LogP contribution in [0.1, 0.15) is 0 Å². The van der Waals surface area contributed by atoms with Gasteiger partial charge in [-0.05, 0) is 23.6 Å². The Labute approximate surface area is 107 Å². The number of nitrogens with zero attached hydrogens (tertiary/aromatic N) is 1. The molecule has 90 valence electrons. The fourth-order valence-electron chi connectivity index (χ4n) is 1.88. The van der Waals surface area contributed by atoms with Gasteiger partial charge in [0, 0.05) is 10.4 Å². The summed E-state index contributed by atoms with van der Waals surface area (Å²) >= 11 is 1.57. The minimum absolute atomic E-state index is 0.280. The van der Waals surface area contributed by atoms with E-state index in [4.69, 9.17) is 5.73 Å². The predicted molar refractivity (Wildman–Crippen MR) is 71.7 cm³/mol. The number of H-pyrrole nitrogens is 1. The Morgan fingerprint density at radius 1 is 1.22 bits per heavy atom. The highest BCUT2D eigenvalue weighted by Gasteiger charge is 2.15. The molecule has 2 heterocycles. The van der Waals surface area contributed by atoms with Crippen molar-refractivity contribution < 1.29 is 4.39 Å². The first-order chi connectivity index (χ1) is 8.75. The van der Waals surface area contributed by atoms with E-state index < -0.39 is 0 Å². The lowest BCUT2D eigenvalue weighted by atomic mass is 10.1. The number of benzene rings is 1. The van der Waals surface area contributed by atoms with Crippen LogP contribution in [0.5, 0.6) is 0 Å². The van der Waals surface area contributed by atoms with Gasteiger partial charge in [0.25, 0.3) is 0 Å². The molecule has 0 saturated carbocycles. The molecule has 0 radical (unpaired) electrons. The summed E-state index contributed by atoms with van der Waals surface area (Å²) in [7, 11) is 0. The van der Waals surface area contributed by atoms with E-state index in [1.165, 1.54) is 12.1 Å². The molecule has 18 heavy (non-hydrogen) atoms. The number of hydrogen-bond acceptors (Lipinski definition) is 3. The molecular formula is C13H10FN3S. The Morgan fingerprint density at radius 2 is 2.11 bits per heavy atom. The molecule has 3 nitrogen and oxygen atoms in total. The van der Waals surface area contributed by atoms with Crippen LogP contribution in [0.3, 0.4) is 0 Å². The monoisotopic (exact) mass is 259 g/mol. The number of nitrogens with two attached hydrogens (primary N) is 1. The molecule has 1 aromatic carbocycles. The van der Waals surface area contributed by atoms with Gasteiger partial charge >= 0.3 is 0 Å². The van der Waals surface area contributed by atoms with Gasteiger partial charge in [-0.3, -0.25) is 5.10 Å². The fraction of sp³-hybridized carbons (Fsp3) is 0. The van der Waals surface area contributed by atoms with Gasteiger partial charge in [-0.2, -0.15) is 5.10 Å². The minimum Gasteiger partial charge on any atom is -0.382 e. The molecule has 0 fully saturated rings. The van der Waals surface area contributed by atoms with E-state index in [1.54, 1.807) is 17.4 Å². The topological polar surface area (TPSA) is 54.7 Å². The van der Waals surface area contributed by atoms with Crippen molar-refractivity contribution in [2.75, 3.05) is 5.73 Å². The second-order valence-corrected chi connectivity index (χ2v) is 4.79. The lowest BCUT2D eigenvalue weighted by Crippen LogP contribution is -1.87. The highest BCUT2D eigenvalue weighted by molar-refractivity contribution is 7.13. The van der Waals surface area contributed by atoms with Gasteiger partial charge in [0.1, 0.15) is 5.82 Å². The Morgan fingerprint density at radius 3 is 2.83 bits per heavy atom. The molecule has 0 aliphatic carbocycles. The third-order valence-corrected chi connectivity index (χ3v) is 3.56. The molecule has 3 rings (SSSR count). The van der Waals surface area contributed by atoms with Crippen LogP contribution in [0.15, 0.2) is 41.8 Å². The van der Waals surface area contributed by atoms with Crippen LogP contribution in [0.4, 0.5) is 10.2 Å². The van der Waals surface area contributed by atoms with Crippen LogP contribution in [-0.2, 0) is 0 Å². The van der Waals surface area contributed by atoms with Gasteiger partial charge in [0.15, 0.2) is 5.82 Å². The first-order valence-electron chi connectivity index (χ1n) is 5.39. The van der Waals surface area contributed by atoms with Crippen molar-refractivity contribution in [2.45, 2.75) is 0 Å². The summed E-state index contributed by atoms with van der Waals surface area (Å²) in [4.78, 5) is 1.01. The molecule has 0 unspecified atom stereocenters. The number of rotatable bonds is 2. The quantitative estimate of drug-likeness (QED) is 0.739. The third kappa shape index (κ3) is 1.78. The average molecular weight is 259 g/mol. The van der Waals surface area contributed by atoms with Crippen LogP contribution < -0.4 is 5.73 Å². The molecule has 5 heteroatoms. The van der Waals surface area contributed by atoms with Gasteiger partial charge < -0.3 is 5.73 Å². The second kappa shape index (κ2) is 4.27. The summed E-state index contributed by atoms with van der Waals surface area (Å²) in [5, 5.41) is 8.86. The first kappa shape index (κ1) is 11.0. The van der Waals surface area contributed by atoms with Crippen molar-refractivity contribution in [3.8, 4) is 21.7 Å². The zero-order valence-electron chi connectivity index (χ0n) is 9.35.